The average Bonchev–Trinajstić information content (AvgIpc) is 1.88. The molecule has 1 heterocycles. The highest BCUT2D eigenvalue weighted by atomic mass is 16.6. The van der Waals surface area contributed by atoms with Gasteiger partial charge >= 0.3 is 7.12 Å². The Morgan fingerprint density at radius 2 is 1.45 bits per heavy atom. The van der Waals surface area contributed by atoms with Crippen LogP contribution in [0.15, 0.2) is 0 Å². The quantitative estimate of drug-likeness (QED) is 0.503. The first-order valence-corrected chi connectivity index (χ1v) is 4.49. The lowest BCUT2D eigenvalue weighted by atomic mass is 9.91. The molecule has 1 aliphatic heterocycles. The molecule has 3 heteroatoms. The summed E-state index contributed by atoms with van der Waals surface area (Å²) >= 11 is 0. The van der Waals surface area contributed by atoms with Crippen LogP contribution in [0.4, 0.5) is 0 Å². The molecular formula is C8H19BO2. The largest absolute Gasteiger partial charge is 0.453 e. The summed E-state index contributed by atoms with van der Waals surface area (Å²) in [5.41, 5.74) is 0. The van der Waals surface area contributed by atoms with Crippen LogP contribution in [0.1, 0.15) is 34.1 Å². The first kappa shape index (κ1) is 11.0. The van der Waals surface area contributed by atoms with E-state index in [-0.39, 0.29) is 7.12 Å². The van der Waals surface area contributed by atoms with Crippen molar-refractivity contribution in [2.75, 3.05) is 0 Å². The van der Waals surface area contributed by atoms with Crippen LogP contribution < -0.4 is 0 Å². The summed E-state index contributed by atoms with van der Waals surface area (Å²) in [5, 5.41) is 0. The van der Waals surface area contributed by atoms with Crippen LogP contribution in [-0.2, 0) is 9.31 Å². The molecule has 0 bridgehead atoms. The van der Waals surface area contributed by atoms with E-state index in [0.29, 0.717) is 12.2 Å². The molecule has 2 nitrogen and oxygen atoms in total. The number of hydrogen-bond acceptors (Lipinski definition) is 2. The van der Waals surface area contributed by atoms with Gasteiger partial charge in [0.15, 0.2) is 0 Å². The van der Waals surface area contributed by atoms with Crippen molar-refractivity contribution >= 4 is 7.12 Å². The average molecular weight is 158 g/mol. The van der Waals surface area contributed by atoms with E-state index in [0.717, 1.165) is 6.42 Å². The fraction of sp³-hybridized carbons (Fsp3) is 1.00. The van der Waals surface area contributed by atoms with Gasteiger partial charge in [0.05, 0.1) is 0 Å². The minimum Gasteiger partial charge on any atom is -0.409 e. The summed E-state index contributed by atoms with van der Waals surface area (Å²) < 4.78 is 10.7. The van der Waals surface area contributed by atoms with E-state index in [4.69, 9.17) is 9.31 Å². The Labute approximate surface area is 70.4 Å². The second-order valence-corrected chi connectivity index (χ2v) is 2.70. The Bertz CT molecular complexity index is 73.1. The molecule has 1 aliphatic rings. The third-order valence-electron chi connectivity index (χ3n) is 1.51. The Balaban J connectivity index is 0.000000461. The van der Waals surface area contributed by atoms with E-state index in [1.807, 2.05) is 20.7 Å². The van der Waals surface area contributed by atoms with Crippen LogP contribution in [0.2, 0.25) is 6.82 Å². The zero-order chi connectivity index (χ0) is 8.85. The van der Waals surface area contributed by atoms with E-state index >= 15 is 0 Å². The Morgan fingerprint density at radius 3 is 1.73 bits per heavy atom. The first-order chi connectivity index (χ1) is 5.18. The van der Waals surface area contributed by atoms with E-state index in [9.17, 15) is 0 Å². The van der Waals surface area contributed by atoms with Crippen LogP contribution in [0, 0.1) is 0 Å². The summed E-state index contributed by atoms with van der Waals surface area (Å²) in [5.74, 6) is 0. The van der Waals surface area contributed by atoms with Crippen LogP contribution in [0.5, 0.6) is 0 Å². The Hall–Kier alpha value is -0.0151. The van der Waals surface area contributed by atoms with Gasteiger partial charge in [0.1, 0.15) is 0 Å². The SMILES string of the molecule is CB1OC(C)CC(C)O1.CC. The first-order valence-electron chi connectivity index (χ1n) is 4.49. The van der Waals surface area contributed by atoms with Crippen LogP contribution in [-0.4, -0.2) is 19.3 Å². The van der Waals surface area contributed by atoms with E-state index in [2.05, 4.69) is 13.8 Å². The van der Waals surface area contributed by atoms with E-state index < -0.39 is 0 Å². The third kappa shape index (κ3) is 4.43. The minimum atomic E-state index is -0.0104. The summed E-state index contributed by atoms with van der Waals surface area (Å²) in [7, 11) is -0.0104. The molecule has 1 fully saturated rings. The lowest BCUT2D eigenvalue weighted by Crippen LogP contribution is -2.36. The fourth-order valence-electron chi connectivity index (χ4n) is 1.26. The van der Waals surface area contributed by atoms with E-state index in [1.165, 1.54) is 0 Å². The Kier molecular flexibility index (Phi) is 5.60. The molecule has 0 N–H and O–H groups in total. The minimum absolute atomic E-state index is 0.0104. The van der Waals surface area contributed by atoms with Crippen molar-refractivity contribution in [3.63, 3.8) is 0 Å². The molecule has 11 heavy (non-hydrogen) atoms. The predicted octanol–water partition coefficient (Wildman–Crippen LogP) is 2.34. The lowest BCUT2D eigenvalue weighted by molar-refractivity contribution is 0.0366. The maximum absolute atomic E-state index is 5.33. The fourth-order valence-corrected chi connectivity index (χ4v) is 1.26. The maximum atomic E-state index is 5.33. The van der Waals surface area contributed by atoms with Gasteiger partial charge in [0.25, 0.3) is 0 Å². The molecule has 1 saturated heterocycles. The summed E-state index contributed by atoms with van der Waals surface area (Å²) in [4.78, 5) is 0. The molecule has 1 rings (SSSR count). The molecule has 0 amide bonds. The van der Waals surface area contributed by atoms with Crippen LogP contribution in [0.3, 0.4) is 0 Å². The van der Waals surface area contributed by atoms with Crippen molar-refractivity contribution in [2.24, 2.45) is 0 Å². The molecule has 2 atom stereocenters. The van der Waals surface area contributed by atoms with Crippen molar-refractivity contribution in [1.29, 1.82) is 0 Å². The van der Waals surface area contributed by atoms with Gasteiger partial charge in [-0.05, 0) is 27.1 Å². The monoisotopic (exact) mass is 158 g/mol. The maximum Gasteiger partial charge on any atom is 0.453 e. The van der Waals surface area contributed by atoms with Gasteiger partial charge in [-0.3, -0.25) is 0 Å². The van der Waals surface area contributed by atoms with Gasteiger partial charge in [-0.15, -0.1) is 0 Å². The second-order valence-electron chi connectivity index (χ2n) is 2.70. The number of rotatable bonds is 0. The summed E-state index contributed by atoms with van der Waals surface area (Å²) in [6.45, 7) is 10.1. The zero-order valence-corrected chi connectivity index (χ0v) is 8.26. The molecule has 0 aliphatic carbocycles. The summed E-state index contributed by atoms with van der Waals surface area (Å²) in [6, 6.07) is 0. The molecule has 0 aromatic carbocycles. The van der Waals surface area contributed by atoms with Crippen molar-refractivity contribution in [1.82, 2.24) is 0 Å². The third-order valence-corrected chi connectivity index (χ3v) is 1.51. The lowest BCUT2D eigenvalue weighted by Gasteiger charge is -2.28. The van der Waals surface area contributed by atoms with E-state index in [1.54, 1.807) is 0 Å². The van der Waals surface area contributed by atoms with Crippen molar-refractivity contribution in [3.8, 4) is 0 Å². The molecule has 0 radical (unpaired) electrons. The normalized spacial score (nSPS) is 30.8. The highest BCUT2D eigenvalue weighted by Crippen LogP contribution is 2.14. The van der Waals surface area contributed by atoms with Gasteiger partial charge in [-0.25, -0.2) is 0 Å². The van der Waals surface area contributed by atoms with Crippen LogP contribution >= 0.6 is 0 Å². The highest BCUT2D eigenvalue weighted by Gasteiger charge is 2.24. The number of hydrogen-bond donors (Lipinski definition) is 0. The molecule has 0 aromatic heterocycles. The van der Waals surface area contributed by atoms with Crippen molar-refractivity contribution in [2.45, 2.75) is 53.1 Å². The smallest absolute Gasteiger partial charge is 0.409 e. The van der Waals surface area contributed by atoms with Crippen molar-refractivity contribution in [3.05, 3.63) is 0 Å². The van der Waals surface area contributed by atoms with Gasteiger partial charge in [0, 0.05) is 12.2 Å². The predicted molar refractivity (Wildman–Crippen MR) is 48.7 cm³/mol. The van der Waals surface area contributed by atoms with Gasteiger partial charge in [0.2, 0.25) is 0 Å². The summed E-state index contributed by atoms with van der Waals surface area (Å²) in [6.07, 6.45) is 1.75. The van der Waals surface area contributed by atoms with Gasteiger partial charge in [-0.2, -0.15) is 0 Å². The molecule has 66 valence electrons. The zero-order valence-electron chi connectivity index (χ0n) is 8.26. The molecule has 2 unspecified atom stereocenters. The highest BCUT2D eigenvalue weighted by molar-refractivity contribution is 6.42. The van der Waals surface area contributed by atoms with Crippen LogP contribution in [0.25, 0.3) is 0 Å². The van der Waals surface area contributed by atoms with Crippen molar-refractivity contribution < 1.29 is 9.31 Å². The molecule has 0 aromatic rings. The second kappa shape index (κ2) is 5.61. The molecular weight excluding hydrogens is 139 g/mol. The standard InChI is InChI=1S/C6H13BO2.C2H6/c1-5-4-6(2)9-7(3)8-5;1-2/h5-6H,4H2,1-3H3;1-2H3. The van der Waals surface area contributed by atoms with Gasteiger partial charge in [-0.1, -0.05) is 13.8 Å². The van der Waals surface area contributed by atoms with Gasteiger partial charge < -0.3 is 9.31 Å². The Morgan fingerprint density at radius 1 is 1.09 bits per heavy atom. The molecule has 0 saturated carbocycles. The topological polar surface area (TPSA) is 18.5 Å². The molecule has 0 spiro atoms.